The van der Waals surface area contributed by atoms with Crippen molar-refractivity contribution in [1.82, 2.24) is 0 Å². The van der Waals surface area contributed by atoms with Crippen molar-refractivity contribution in [2.24, 2.45) is 0 Å². The fraction of sp³-hybridized carbons (Fsp3) is 0.133. The van der Waals surface area contributed by atoms with E-state index in [0.29, 0.717) is 12.0 Å². The van der Waals surface area contributed by atoms with Gasteiger partial charge in [-0.25, -0.2) is 4.79 Å². The second-order valence-electron chi connectivity index (χ2n) is 3.97. The third-order valence-electron chi connectivity index (χ3n) is 2.76. The highest BCUT2D eigenvalue weighted by Crippen LogP contribution is 2.25. The maximum atomic E-state index is 11.5. The molecular weight excluding hydrogens is 228 g/mol. The predicted octanol–water partition coefficient (Wildman–Crippen LogP) is 2.77. The van der Waals surface area contributed by atoms with E-state index in [1.165, 1.54) is 7.11 Å². The van der Waals surface area contributed by atoms with Crippen molar-refractivity contribution in [2.45, 2.75) is 6.42 Å². The Morgan fingerprint density at radius 2 is 1.83 bits per heavy atom. The fourth-order valence-corrected chi connectivity index (χ4v) is 1.82. The Balaban J connectivity index is 2.32. The lowest BCUT2D eigenvalue weighted by molar-refractivity contribution is 0.0597. The van der Waals surface area contributed by atoms with Crippen LogP contribution in [0.15, 0.2) is 48.5 Å². The number of carbonyl (C=O) groups is 1. The van der Waals surface area contributed by atoms with E-state index < -0.39 is 5.97 Å². The number of methoxy groups -OCH3 is 1. The number of phenols is 1. The SMILES string of the molecule is COC(=O)c1cccc(Cc2ccccc2)c1O. The molecule has 0 aliphatic rings. The van der Waals surface area contributed by atoms with Crippen LogP contribution < -0.4 is 0 Å². The van der Waals surface area contributed by atoms with Crippen molar-refractivity contribution in [1.29, 1.82) is 0 Å². The topological polar surface area (TPSA) is 46.5 Å². The van der Waals surface area contributed by atoms with Gasteiger partial charge in [0, 0.05) is 6.42 Å². The lowest BCUT2D eigenvalue weighted by atomic mass is 10.0. The van der Waals surface area contributed by atoms with Crippen molar-refractivity contribution >= 4 is 5.97 Å². The number of hydrogen-bond donors (Lipinski definition) is 1. The minimum absolute atomic E-state index is 0.00629. The molecule has 0 saturated carbocycles. The largest absolute Gasteiger partial charge is 0.507 e. The first-order valence-electron chi connectivity index (χ1n) is 5.65. The monoisotopic (exact) mass is 242 g/mol. The average molecular weight is 242 g/mol. The van der Waals surface area contributed by atoms with Crippen LogP contribution in [0.1, 0.15) is 21.5 Å². The molecule has 0 spiro atoms. The summed E-state index contributed by atoms with van der Waals surface area (Å²) < 4.78 is 4.62. The van der Waals surface area contributed by atoms with Crippen LogP contribution in [0, 0.1) is 0 Å². The molecule has 0 radical (unpaired) electrons. The van der Waals surface area contributed by atoms with E-state index in [-0.39, 0.29) is 11.3 Å². The number of aromatic hydroxyl groups is 1. The fourth-order valence-electron chi connectivity index (χ4n) is 1.82. The third kappa shape index (κ3) is 2.51. The highest BCUT2D eigenvalue weighted by molar-refractivity contribution is 5.92. The van der Waals surface area contributed by atoms with Crippen molar-refractivity contribution in [3.05, 3.63) is 65.2 Å². The number of hydrogen-bond acceptors (Lipinski definition) is 3. The third-order valence-corrected chi connectivity index (χ3v) is 2.76. The number of rotatable bonds is 3. The zero-order valence-electron chi connectivity index (χ0n) is 10.1. The van der Waals surface area contributed by atoms with Gasteiger partial charge in [0.25, 0.3) is 0 Å². The second-order valence-corrected chi connectivity index (χ2v) is 3.97. The van der Waals surface area contributed by atoms with E-state index >= 15 is 0 Å². The zero-order chi connectivity index (χ0) is 13.0. The maximum Gasteiger partial charge on any atom is 0.341 e. The Morgan fingerprint density at radius 3 is 2.50 bits per heavy atom. The molecule has 0 bridgehead atoms. The Kier molecular flexibility index (Phi) is 3.63. The first-order valence-corrected chi connectivity index (χ1v) is 5.65. The summed E-state index contributed by atoms with van der Waals surface area (Å²) in [7, 11) is 1.30. The Bertz CT molecular complexity index is 547. The first-order chi connectivity index (χ1) is 8.72. The number of ether oxygens (including phenoxy) is 1. The lowest BCUT2D eigenvalue weighted by Crippen LogP contribution is -2.03. The molecular formula is C15H14O3. The van der Waals surface area contributed by atoms with Crippen LogP contribution >= 0.6 is 0 Å². The van der Waals surface area contributed by atoms with Gasteiger partial charge in [0.1, 0.15) is 11.3 Å². The molecule has 0 unspecified atom stereocenters. The summed E-state index contributed by atoms with van der Waals surface area (Å²) in [6.45, 7) is 0. The van der Waals surface area contributed by atoms with E-state index in [1.54, 1.807) is 18.2 Å². The molecule has 2 aromatic carbocycles. The van der Waals surface area contributed by atoms with Gasteiger partial charge in [-0.15, -0.1) is 0 Å². The van der Waals surface area contributed by atoms with Gasteiger partial charge in [0.15, 0.2) is 0 Å². The van der Waals surface area contributed by atoms with E-state index in [9.17, 15) is 9.90 Å². The summed E-state index contributed by atoms with van der Waals surface area (Å²) in [4.78, 5) is 11.5. The summed E-state index contributed by atoms with van der Waals surface area (Å²) in [5.41, 5.74) is 1.99. The molecule has 2 rings (SSSR count). The summed E-state index contributed by atoms with van der Waals surface area (Å²) in [5, 5.41) is 10.1. The van der Waals surface area contributed by atoms with Crippen molar-refractivity contribution in [2.75, 3.05) is 7.11 Å². The normalized spacial score (nSPS) is 10.1. The minimum atomic E-state index is -0.526. The van der Waals surface area contributed by atoms with Gasteiger partial charge in [0.05, 0.1) is 7.11 Å². The van der Waals surface area contributed by atoms with Crippen LogP contribution in [0.25, 0.3) is 0 Å². The molecule has 0 heterocycles. The molecule has 18 heavy (non-hydrogen) atoms. The van der Waals surface area contributed by atoms with Crippen LogP contribution in [0.5, 0.6) is 5.75 Å². The molecule has 0 amide bonds. The van der Waals surface area contributed by atoms with Gasteiger partial charge in [-0.3, -0.25) is 0 Å². The second kappa shape index (κ2) is 5.36. The molecule has 0 aliphatic heterocycles. The van der Waals surface area contributed by atoms with Crippen LogP contribution in [-0.4, -0.2) is 18.2 Å². The number of carbonyl (C=O) groups excluding carboxylic acids is 1. The number of benzene rings is 2. The Labute approximate surface area is 106 Å². The summed E-state index contributed by atoms with van der Waals surface area (Å²) in [5.74, 6) is -0.532. The number of para-hydroxylation sites is 1. The molecule has 3 heteroatoms. The standard InChI is InChI=1S/C15H14O3/c1-18-15(17)13-9-5-8-12(14(13)16)10-11-6-3-2-4-7-11/h2-9,16H,10H2,1H3. The Hall–Kier alpha value is -2.29. The average Bonchev–Trinajstić information content (AvgIpc) is 2.41. The molecule has 0 saturated heterocycles. The quantitative estimate of drug-likeness (QED) is 0.842. The highest BCUT2D eigenvalue weighted by atomic mass is 16.5. The predicted molar refractivity (Wildman–Crippen MR) is 68.7 cm³/mol. The maximum absolute atomic E-state index is 11.5. The molecule has 3 nitrogen and oxygen atoms in total. The molecule has 1 N–H and O–H groups in total. The van der Waals surface area contributed by atoms with Crippen molar-refractivity contribution in [3.8, 4) is 5.75 Å². The lowest BCUT2D eigenvalue weighted by Gasteiger charge is -2.08. The van der Waals surface area contributed by atoms with E-state index in [2.05, 4.69) is 4.74 Å². The molecule has 0 aromatic heterocycles. The van der Waals surface area contributed by atoms with Crippen LogP contribution in [-0.2, 0) is 11.2 Å². The minimum Gasteiger partial charge on any atom is -0.507 e. The molecule has 92 valence electrons. The van der Waals surface area contributed by atoms with Gasteiger partial charge in [-0.2, -0.15) is 0 Å². The smallest absolute Gasteiger partial charge is 0.341 e. The van der Waals surface area contributed by atoms with E-state index in [0.717, 1.165) is 5.56 Å². The molecule has 0 fully saturated rings. The van der Waals surface area contributed by atoms with Gasteiger partial charge < -0.3 is 9.84 Å². The van der Waals surface area contributed by atoms with Gasteiger partial charge in [0.2, 0.25) is 0 Å². The molecule has 2 aromatic rings. The summed E-state index contributed by atoms with van der Waals surface area (Å²) >= 11 is 0. The highest BCUT2D eigenvalue weighted by Gasteiger charge is 2.14. The van der Waals surface area contributed by atoms with E-state index in [4.69, 9.17) is 0 Å². The van der Waals surface area contributed by atoms with Crippen LogP contribution in [0.2, 0.25) is 0 Å². The Morgan fingerprint density at radius 1 is 1.11 bits per heavy atom. The number of phenolic OH excluding ortho intramolecular Hbond substituents is 1. The van der Waals surface area contributed by atoms with Crippen LogP contribution in [0.4, 0.5) is 0 Å². The van der Waals surface area contributed by atoms with Crippen molar-refractivity contribution in [3.63, 3.8) is 0 Å². The zero-order valence-corrected chi connectivity index (χ0v) is 10.1. The molecule has 0 atom stereocenters. The van der Waals surface area contributed by atoms with Crippen molar-refractivity contribution < 1.29 is 14.6 Å². The first kappa shape index (κ1) is 12.2. The van der Waals surface area contributed by atoms with Gasteiger partial charge >= 0.3 is 5.97 Å². The van der Waals surface area contributed by atoms with Gasteiger partial charge in [-0.05, 0) is 17.2 Å². The number of esters is 1. The van der Waals surface area contributed by atoms with Crippen LogP contribution in [0.3, 0.4) is 0 Å². The summed E-state index contributed by atoms with van der Waals surface area (Å²) in [6, 6.07) is 14.9. The van der Waals surface area contributed by atoms with E-state index in [1.807, 2.05) is 30.3 Å². The summed E-state index contributed by atoms with van der Waals surface area (Å²) in [6.07, 6.45) is 0.581. The molecule has 0 aliphatic carbocycles. The van der Waals surface area contributed by atoms with Gasteiger partial charge in [-0.1, -0.05) is 42.5 Å².